The number of piperazine rings is 1. The van der Waals surface area contributed by atoms with Gasteiger partial charge in [-0.1, -0.05) is 18.2 Å². The Bertz CT molecular complexity index is 977. The van der Waals surface area contributed by atoms with E-state index < -0.39 is 17.7 Å². The van der Waals surface area contributed by atoms with E-state index in [4.69, 9.17) is 14.2 Å². The monoisotopic (exact) mass is 427 g/mol. The fourth-order valence-corrected chi connectivity index (χ4v) is 3.33. The average Bonchev–Trinajstić information content (AvgIpc) is 2.79. The van der Waals surface area contributed by atoms with E-state index >= 15 is 0 Å². The van der Waals surface area contributed by atoms with Gasteiger partial charge >= 0.3 is 11.8 Å². The predicted octanol–water partition coefficient (Wildman–Crippen LogP) is 1.52. The Morgan fingerprint density at radius 1 is 0.903 bits per heavy atom. The average molecular weight is 427 g/mol. The number of ether oxygens (including phenoxy) is 3. The van der Waals surface area contributed by atoms with Gasteiger partial charge in [-0.3, -0.25) is 14.4 Å². The number of nitrogens with one attached hydrogen (secondary N) is 1. The van der Waals surface area contributed by atoms with Crippen molar-refractivity contribution in [1.82, 2.24) is 9.80 Å². The van der Waals surface area contributed by atoms with Crippen molar-refractivity contribution < 1.29 is 28.6 Å². The summed E-state index contributed by atoms with van der Waals surface area (Å²) in [6, 6.07) is 12.3. The van der Waals surface area contributed by atoms with Gasteiger partial charge in [-0.05, 0) is 18.2 Å². The van der Waals surface area contributed by atoms with Gasteiger partial charge in [0.05, 0.1) is 27.0 Å². The smallest absolute Gasteiger partial charge is 0.312 e. The van der Waals surface area contributed by atoms with Gasteiger partial charge in [0.2, 0.25) is 5.91 Å². The molecule has 1 aliphatic heterocycles. The number of methoxy groups -OCH3 is 3. The highest BCUT2D eigenvalue weighted by atomic mass is 16.5. The lowest BCUT2D eigenvalue weighted by molar-refractivity contribution is -0.157. The van der Waals surface area contributed by atoms with Crippen molar-refractivity contribution in [3.63, 3.8) is 0 Å². The molecule has 0 unspecified atom stereocenters. The van der Waals surface area contributed by atoms with Gasteiger partial charge in [0.1, 0.15) is 23.8 Å². The topological polar surface area (TPSA) is 97.4 Å². The van der Waals surface area contributed by atoms with E-state index in [1.165, 1.54) is 24.0 Å². The lowest BCUT2D eigenvalue weighted by Crippen LogP contribution is -2.55. The van der Waals surface area contributed by atoms with E-state index in [0.717, 1.165) is 5.56 Å². The quantitative estimate of drug-likeness (QED) is 0.642. The summed E-state index contributed by atoms with van der Waals surface area (Å²) in [7, 11) is 4.56. The van der Waals surface area contributed by atoms with Crippen LogP contribution in [0.15, 0.2) is 42.5 Å². The second kappa shape index (κ2) is 9.84. The maximum atomic E-state index is 12.6. The van der Waals surface area contributed by atoms with Crippen LogP contribution in [0.5, 0.6) is 17.2 Å². The Labute approximate surface area is 180 Å². The first-order valence-corrected chi connectivity index (χ1v) is 9.68. The van der Waals surface area contributed by atoms with Crippen molar-refractivity contribution in [1.29, 1.82) is 0 Å². The molecule has 0 aliphatic carbocycles. The van der Waals surface area contributed by atoms with Crippen molar-refractivity contribution in [2.75, 3.05) is 46.3 Å². The van der Waals surface area contributed by atoms with Gasteiger partial charge in [0, 0.05) is 31.3 Å². The predicted molar refractivity (Wildman–Crippen MR) is 113 cm³/mol. The fourth-order valence-electron chi connectivity index (χ4n) is 3.33. The molecule has 2 aromatic carbocycles. The molecule has 9 nitrogen and oxygen atoms in total. The summed E-state index contributed by atoms with van der Waals surface area (Å²) in [5, 5.41) is 2.71. The third-order valence-corrected chi connectivity index (χ3v) is 4.97. The van der Waals surface area contributed by atoms with Gasteiger partial charge in [-0.2, -0.15) is 0 Å². The van der Waals surface area contributed by atoms with Crippen LogP contribution in [0.25, 0.3) is 0 Å². The number of hydrogen-bond acceptors (Lipinski definition) is 6. The number of nitrogens with zero attached hydrogens (tertiary/aromatic N) is 2. The van der Waals surface area contributed by atoms with Gasteiger partial charge in [-0.15, -0.1) is 0 Å². The van der Waals surface area contributed by atoms with Crippen LogP contribution >= 0.6 is 0 Å². The normalized spacial score (nSPS) is 13.8. The number of anilines is 1. The van der Waals surface area contributed by atoms with Crippen molar-refractivity contribution in [2.24, 2.45) is 0 Å². The zero-order chi connectivity index (χ0) is 22.4. The summed E-state index contributed by atoms with van der Waals surface area (Å²) < 4.78 is 15.7. The first kappa shape index (κ1) is 21.9. The van der Waals surface area contributed by atoms with Crippen LogP contribution < -0.4 is 19.5 Å². The van der Waals surface area contributed by atoms with Crippen molar-refractivity contribution in [2.45, 2.75) is 6.54 Å². The van der Waals surface area contributed by atoms with E-state index in [-0.39, 0.29) is 19.6 Å². The highest BCUT2D eigenvalue weighted by Crippen LogP contribution is 2.29. The van der Waals surface area contributed by atoms with E-state index in [9.17, 15) is 14.4 Å². The Hall–Kier alpha value is -3.75. The molecule has 31 heavy (non-hydrogen) atoms. The molecule has 0 spiro atoms. The van der Waals surface area contributed by atoms with E-state index in [2.05, 4.69) is 5.32 Å². The summed E-state index contributed by atoms with van der Waals surface area (Å²) in [4.78, 5) is 40.4. The zero-order valence-corrected chi connectivity index (χ0v) is 17.7. The summed E-state index contributed by atoms with van der Waals surface area (Å²) in [6.07, 6.45) is 0. The Morgan fingerprint density at radius 3 is 2.29 bits per heavy atom. The number of hydrogen-bond donors (Lipinski definition) is 1. The maximum Gasteiger partial charge on any atom is 0.312 e. The number of rotatable bonds is 8. The molecule has 0 atom stereocenters. The minimum absolute atomic E-state index is 0.243. The number of para-hydroxylation sites is 1. The van der Waals surface area contributed by atoms with Crippen molar-refractivity contribution in [3.05, 3.63) is 48.0 Å². The van der Waals surface area contributed by atoms with Gasteiger partial charge in [0.15, 0.2) is 0 Å². The Morgan fingerprint density at radius 2 is 1.58 bits per heavy atom. The van der Waals surface area contributed by atoms with E-state index in [0.29, 0.717) is 29.5 Å². The highest BCUT2D eigenvalue weighted by molar-refractivity contribution is 6.35. The second-order valence-electron chi connectivity index (χ2n) is 6.88. The van der Waals surface area contributed by atoms with E-state index in [1.807, 2.05) is 18.2 Å². The van der Waals surface area contributed by atoms with Crippen LogP contribution in [0, 0.1) is 0 Å². The lowest BCUT2D eigenvalue weighted by atomic mass is 10.1. The lowest BCUT2D eigenvalue weighted by Gasteiger charge is -2.33. The summed E-state index contributed by atoms with van der Waals surface area (Å²) in [6.45, 7) is 0.587. The maximum absolute atomic E-state index is 12.6. The largest absolute Gasteiger partial charge is 0.497 e. The summed E-state index contributed by atoms with van der Waals surface area (Å²) in [5.41, 5.74) is 1.22. The summed E-state index contributed by atoms with van der Waals surface area (Å²) >= 11 is 0. The van der Waals surface area contributed by atoms with Crippen LogP contribution in [0.3, 0.4) is 0 Å². The second-order valence-corrected chi connectivity index (χ2v) is 6.88. The van der Waals surface area contributed by atoms with Crippen molar-refractivity contribution in [3.8, 4) is 17.2 Å². The van der Waals surface area contributed by atoms with Crippen LogP contribution in [0.2, 0.25) is 0 Å². The van der Waals surface area contributed by atoms with Crippen LogP contribution in [0.1, 0.15) is 5.56 Å². The molecule has 0 radical (unpaired) electrons. The number of carbonyl (C=O) groups is 3. The molecule has 1 aliphatic rings. The molecule has 3 rings (SSSR count). The third-order valence-electron chi connectivity index (χ3n) is 4.97. The SMILES string of the molecule is COc1ccc(OC)c(NC(=O)CN2CCN(Cc3ccccc3OC)C(=O)C2=O)c1. The Kier molecular flexibility index (Phi) is 6.96. The third kappa shape index (κ3) is 5.06. The van der Waals surface area contributed by atoms with Crippen LogP contribution in [0.4, 0.5) is 5.69 Å². The first-order valence-electron chi connectivity index (χ1n) is 9.68. The van der Waals surface area contributed by atoms with Gasteiger partial charge < -0.3 is 29.3 Å². The first-order chi connectivity index (χ1) is 15.0. The fraction of sp³-hybridized carbons (Fsp3) is 0.318. The molecule has 1 heterocycles. The number of carbonyl (C=O) groups excluding carboxylic acids is 3. The molecule has 2 aromatic rings. The Balaban J connectivity index is 1.62. The van der Waals surface area contributed by atoms with Crippen LogP contribution in [-0.2, 0) is 20.9 Å². The summed E-state index contributed by atoms with van der Waals surface area (Å²) in [5.74, 6) is -0.147. The molecule has 0 bridgehead atoms. The minimum atomic E-state index is -0.714. The number of benzene rings is 2. The molecule has 0 saturated carbocycles. The molecule has 1 N–H and O–H groups in total. The molecule has 9 heteroatoms. The molecule has 1 fully saturated rings. The molecule has 0 aromatic heterocycles. The minimum Gasteiger partial charge on any atom is -0.497 e. The molecule has 164 valence electrons. The van der Waals surface area contributed by atoms with Gasteiger partial charge in [-0.25, -0.2) is 0 Å². The van der Waals surface area contributed by atoms with E-state index in [1.54, 1.807) is 31.4 Å². The molecule has 3 amide bonds. The standard InChI is InChI=1S/C22H25N3O6/c1-29-16-8-9-19(31-3)17(12-16)23-20(26)14-25-11-10-24(21(27)22(25)28)13-15-6-4-5-7-18(15)30-2/h4-9,12H,10-11,13-14H2,1-3H3,(H,23,26). The van der Waals surface area contributed by atoms with Crippen molar-refractivity contribution >= 4 is 23.4 Å². The van der Waals surface area contributed by atoms with Crippen LogP contribution in [-0.4, -0.2) is 68.5 Å². The molecule has 1 saturated heterocycles. The molecular weight excluding hydrogens is 402 g/mol. The number of amides is 3. The zero-order valence-electron chi connectivity index (χ0n) is 17.7. The van der Waals surface area contributed by atoms with Gasteiger partial charge in [0.25, 0.3) is 0 Å². The molecular formula is C22H25N3O6. The highest BCUT2D eigenvalue weighted by Gasteiger charge is 2.33.